The van der Waals surface area contributed by atoms with Crippen LogP contribution < -0.4 is 14.9 Å². The average molecular weight is 387 g/mol. The molecule has 0 aliphatic rings. The van der Waals surface area contributed by atoms with Crippen molar-refractivity contribution in [3.63, 3.8) is 0 Å². The molecule has 1 amide bonds. The molecule has 9 heteroatoms. The van der Waals surface area contributed by atoms with Gasteiger partial charge < -0.3 is 14.6 Å². The molecule has 0 aliphatic carbocycles. The smallest absolute Gasteiger partial charge is 0.315 e. The topological polar surface area (TPSA) is 123 Å². The van der Waals surface area contributed by atoms with Crippen molar-refractivity contribution in [1.29, 1.82) is 0 Å². The minimum Gasteiger partial charge on any atom is -0.508 e. The van der Waals surface area contributed by atoms with Gasteiger partial charge in [-0.2, -0.15) is 5.10 Å². The number of hydrazone groups is 1. The first-order valence-electron chi connectivity index (χ1n) is 8.66. The minimum absolute atomic E-state index is 0.0428. The molecule has 0 spiro atoms. The van der Waals surface area contributed by atoms with Crippen molar-refractivity contribution in [3.05, 3.63) is 57.6 Å². The number of ether oxygens (including phenoxy) is 2. The molecule has 2 N–H and O–H groups in total. The van der Waals surface area contributed by atoms with Gasteiger partial charge in [0.15, 0.2) is 5.75 Å². The summed E-state index contributed by atoms with van der Waals surface area (Å²) < 4.78 is 11.0. The fourth-order valence-electron chi connectivity index (χ4n) is 2.27. The number of phenols is 1. The van der Waals surface area contributed by atoms with Crippen LogP contribution in [-0.2, 0) is 0 Å². The molecule has 2 aromatic rings. The first kappa shape index (κ1) is 20.7. The van der Waals surface area contributed by atoms with Gasteiger partial charge in [0.25, 0.3) is 5.91 Å². The van der Waals surface area contributed by atoms with Gasteiger partial charge in [-0.05, 0) is 43.7 Å². The van der Waals surface area contributed by atoms with E-state index in [9.17, 15) is 20.0 Å². The zero-order chi connectivity index (χ0) is 20.5. The quantitative estimate of drug-likeness (QED) is 0.387. The van der Waals surface area contributed by atoms with Crippen LogP contribution in [0.1, 0.15) is 36.2 Å². The number of nitro groups is 1. The SMILES string of the molecule is CCCOc1c(OCC)cc(/C=N\NC(=O)c2ccc(O)cc2)cc1[N+](=O)[O-]. The average Bonchev–Trinajstić information content (AvgIpc) is 2.67. The summed E-state index contributed by atoms with van der Waals surface area (Å²) in [5.74, 6) is -0.143. The Morgan fingerprint density at radius 3 is 2.57 bits per heavy atom. The van der Waals surface area contributed by atoms with Crippen LogP contribution >= 0.6 is 0 Å². The highest BCUT2D eigenvalue weighted by Gasteiger charge is 2.22. The Balaban J connectivity index is 2.24. The lowest BCUT2D eigenvalue weighted by atomic mass is 10.2. The lowest BCUT2D eigenvalue weighted by Crippen LogP contribution is -2.17. The summed E-state index contributed by atoms with van der Waals surface area (Å²) in [4.78, 5) is 22.9. The summed E-state index contributed by atoms with van der Waals surface area (Å²) in [5.41, 5.74) is 2.75. The number of carbonyl (C=O) groups excluding carboxylic acids is 1. The van der Waals surface area contributed by atoms with Gasteiger partial charge in [0, 0.05) is 17.2 Å². The standard InChI is InChI=1S/C19H21N3O6/c1-3-9-28-18-16(22(25)26)10-13(11-17(18)27-4-2)12-20-21-19(24)14-5-7-15(23)8-6-14/h5-8,10-12,23H,3-4,9H2,1-2H3,(H,21,24)/b20-12-. The molecule has 0 saturated carbocycles. The summed E-state index contributed by atoms with van der Waals surface area (Å²) >= 11 is 0. The number of amides is 1. The lowest BCUT2D eigenvalue weighted by Gasteiger charge is -2.12. The number of phenolic OH excluding ortho intramolecular Hbond substituents is 1. The van der Waals surface area contributed by atoms with Crippen LogP contribution in [0, 0.1) is 10.1 Å². The number of aromatic hydroxyl groups is 1. The number of hydrogen-bond donors (Lipinski definition) is 2. The van der Waals surface area contributed by atoms with Crippen LogP contribution in [0.15, 0.2) is 41.5 Å². The van der Waals surface area contributed by atoms with Crippen molar-refractivity contribution in [1.82, 2.24) is 5.43 Å². The van der Waals surface area contributed by atoms with Gasteiger partial charge in [-0.1, -0.05) is 6.92 Å². The third-order valence-corrected chi connectivity index (χ3v) is 3.51. The molecule has 2 aromatic carbocycles. The Bertz CT molecular complexity index is 865. The van der Waals surface area contributed by atoms with E-state index >= 15 is 0 Å². The van der Waals surface area contributed by atoms with E-state index in [1.807, 2.05) is 6.92 Å². The molecule has 0 saturated heterocycles. The van der Waals surface area contributed by atoms with E-state index in [4.69, 9.17) is 9.47 Å². The van der Waals surface area contributed by atoms with Crippen molar-refractivity contribution in [2.45, 2.75) is 20.3 Å². The van der Waals surface area contributed by atoms with Crippen LogP contribution in [0.25, 0.3) is 0 Å². The van der Waals surface area contributed by atoms with Crippen molar-refractivity contribution < 1.29 is 24.3 Å². The molecule has 28 heavy (non-hydrogen) atoms. The van der Waals surface area contributed by atoms with Crippen LogP contribution in [0.5, 0.6) is 17.2 Å². The highest BCUT2D eigenvalue weighted by molar-refractivity contribution is 5.95. The Labute approximate surface area is 161 Å². The summed E-state index contributed by atoms with van der Waals surface area (Å²) in [6.45, 7) is 4.27. The second-order valence-corrected chi connectivity index (χ2v) is 5.65. The summed E-state index contributed by atoms with van der Waals surface area (Å²) in [5, 5.41) is 24.5. The molecule has 148 valence electrons. The first-order valence-corrected chi connectivity index (χ1v) is 8.66. The number of hydrogen-bond acceptors (Lipinski definition) is 7. The maximum absolute atomic E-state index is 12.0. The summed E-state index contributed by atoms with van der Waals surface area (Å²) in [7, 11) is 0. The second-order valence-electron chi connectivity index (χ2n) is 5.65. The van der Waals surface area contributed by atoms with E-state index < -0.39 is 10.8 Å². The predicted molar refractivity (Wildman–Crippen MR) is 103 cm³/mol. The van der Waals surface area contributed by atoms with Gasteiger partial charge >= 0.3 is 5.69 Å². The van der Waals surface area contributed by atoms with E-state index in [1.54, 1.807) is 13.0 Å². The van der Waals surface area contributed by atoms with Crippen LogP contribution in [-0.4, -0.2) is 35.4 Å². The Morgan fingerprint density at radius 2 is 1.96 bits per heavy atom. The van der Waals surface area contributed by atoms with Crippen molar-refractivity contribution in [3.8, 4) is 17.2 Å². The van der Waals surface area contributed by atoms with Gasteiger partial charge in [0.2, 0.25) is 5.75 Å². The van der Waals surface area contributed by atoms with Gasteiger partial charge in [-0.25, -0.2) is 5.43 Å². The molecule has 0 heterocycles. The highest BCUT2D eigenvalue weighted by Crippen LogP contribution is 2.38. The maximum Gasteiger partial charge on any atom is 0.315 e. The molecule has 0 aliphatic heterocycles. The number of nitrogens with zero attached hydrogens (tertiary/aromatic N) is 2. The van der Waals surface area contributed by atoms with Crippen LogP contribution in [0.4, 0.5) is 5.69 Å². The van der Waals surface area contributed by atoms with Crippen LogP contribution in [0.2, 0.25) is 0 Å². The molecular formula is C19H21N3O6. The zero-order valence-electron chi connectivity index (χ0n) is 15.5. The fourth-order valence-corrected chi connectivity index (χ4v) is 2.27. The zero-order valence-corrected chi connectivity index (χ0v) is 15.5. The maximum atomic E-state index is 12.0. The van der Waals surface area contributed by atoms with E-state index in [0.717, 1.165) is 0 Å². The van der Waals surface area contributed by atoms with Gasteiger partial charge in [-0.15, -0.1) is 0 Å². The monoisotopic (exact) mass is 387 g/mol. The predicted octanol–water partition coefficient (Wildman–Crippen LogP) is 3.25. The number of nitro benzene ring substituents is 1. The molecule has 9 nitrogen and oxygen atoms in total. The molecule has 0 atom stereocenters. The Kier molecular flexibility index (Phi) is 7.32. The highest BCUT2D eigenvalue weighted by atomic mass is 16.6. The molecule has 0 unspecified atom stereocenters. The van der Waals surface area contributed by atoms with Crippen molar-refractivity contribution >= 4 is 17.8 Å². The third kappa shape index (κ3) is 5.44. The second kappa shape index (κ2) is 9.91. The van der Waals surface area contributed by atoms with E-state index in [-0.39, 0.29) is 22.9 Å². The Morgan fingerprint density at radius 1 is 1.25 bits per heavy atom. The summed E-state index contributed by atoms with van der Waals surface area (Å²) in [6, 6.07) is 8.49. The number of benzene rings is 2. The van der Waals surface area contributed by atoms with Gasteiger partial charge in [-0.3, -0.25) is 14.9 Å². The van der Waals surface area contributed by atoms with E-state index in [1.165, 1.54) is 36.5 Å². The van der Waals surface area contributed by atoms with E-state index in [0.29, 0.717) is 30.8 Å². The Hall–Kier alpha value is -3.62. The third-order valence-electron chi connectivity index (χ3n) is 3.51. The van der Waals surface area contributed by atoms with Crippen molar-refractivity contribution in [2.75, 3.05) is 13.2 Å². The number of carbonyl (C=O) groups is 1. The lowest BCUT2D eigenvalue weighted by molar-refractivity contribution is -0.386. The minimum atomic E-state index is -0.556. The van der Waals surface area contributed by atoms with Gasteiger partial charge in [0.1, 0.15) is 5.75 Å². The first-order chi connectivity index (χ1) is 13.5. The molecule has 0 radical (unpaired) electrons. The van der Waals surface area contributed by atoms with Gasteiger partial charge in [0.05, 0.1) is 24.4 Å². The number of nitrogens with one attached hydrogen (secondary N) is 1. The molecule has 0 bridgehead atoms. The largest absolute Gasteiger partial charge is 0.508 e. The molecular weight excluding hydrogens is 366 g/mol. The molecule has 0 fully saturated rings. The molecule has 0 aromatic heterocycles. The summed E-state index contributed by atoms with van der Waals surface area (Å²) in [6.07, 6.45) is 1.96. The van der Waals surface area contributed by atoms with Crippen LogP contribution in [0.3, 0.4) is 0 Å². The molecule has 2 rings (SSSR count). The number of rotatable bonds is 9. The van der Waals surface area contributed by atoms with E-state index in [2.05, 4.69) is 10.5 Å². The normalized spacial score (nSPS) is 10.6. The fraction of sp³-hybridized carbons (Fsp3) is 0.263. The van der Waals surface area contributed by atoms with Crippen molar-refractivity contribution in [2.24, 2.45) is 5.10 Å².